The molecule has 0 spiro atoms. The van der Waals surface area contributed by atoms with Crippen LogP contribution in [0.3, 0.4) is 0 Å². The molecule has 0 radical (unpaired) electrons. The molecule has 10 heteroatoms. The Balaban J connectivity index is 1.52. The molecule has 5 heterocycles. The van der Waals surface area contributed by atoms with Gasteiger partial charge in [0.2, 0.25) is 5.65 Å². The predicted molar refractivity (Wildman–Crippen MR) is 102 cm³/mol. The third-order valence-corrected chi connectivity index (χ3v) is 5.51. The lowest BCUT2D eigenvalue weighted by Gasteiger charge is -2.01. The first-order valence-electron chi connectivity index (χ1n) is 8.78. The summed E-state index contributed by atoms with van der Waals surface area (Å²) in [5, 5.41) is 17.1. The lowest BCUT2D eigenvalue weighted by Crippen LogP contribution is -2.02. The molecule has 0 bridgehead atoms. The first kappa shape index (κ1) is 16.1. The van der Waals surface area contributed by atoms with Crippen LogP contribution in [0.25, 0.3) is 32.8 Å². The molecule has 0 unspecified atom stereocenters. The molecular weight excluding hydrogens is 362 g/mol. The normalized spacial score (nSPS) is 11.8. The lowest BCUT2D eigenvalue weighted by atomic mass is 10.3. The zero-order valence-corrected chi connectivity index (χ0v) is 15.8. The minimum absolute atomic E-state index is 0.544. The molecule has 0 atom stereocenters. The third kappa shape index (κ3) is 2.69. The molecule has 0 N–H and O–H groups in total. The van der Waals surface area contributed by atoms with Gasteiger partial charge in [-0.3, -0.25) is 9.36 Å². The second-order valence-corrected chi connectivity index (χ2v) is 7.33. The summed E-state index contributed by atoms with van der Waals surface area (Å²) in [4.78, 5) is 10.3. The molecule has 0 aliphatic rings. The first-order valence-corrected chi connectivity index (χ1v) is 9.60. The Morgan fingerprint density at radius 2 is 1.96 bits per heavy atom. The Morgan fingerprint density at radius 3 is 2.78 bits per heavy atom. The summed E-state index contributed by atoms with van der Waals surface area (Å²) in [6.07, 6.45) is 7.39. The Hall–Kier alpha value is -3.14. The van der Waals surface area contributed by atoms with Crippen LogP contribution in [0.1, 0.15) is 18.7 Å². The Kier molecular flexibility index (Phi) is 3.71. The molecule has 0 aliphatic carbocycles. The molecule has 0 aromatic carbocycles. The molecule has 5 aromatic rings. The Bertz CT molecular complexity index is 1240. The minimum atomic E-state index is 0.544. The van der Waals surface area contributed by atoms with Crippen molar-refractivity contribution in [1.82, 2.24) is 44.5 Å². The maximum absolute atomic E-state index is 4.73. The summed E-state index contributed by atoms with van der Waals surface area (Å²) in [7, 11) is 0. The van der Waals surface area contributed by atoms with Gasteiger partial charge in [0.1, 0.15) is 0 Å². The van der Waals surface area contributed by atoms with E-state index in [9.17, 15) is 0 Å². The molecule has 136 valence electrons. The van der Waals surface area contributed by atoms with E-state index in [1.54, 1.807) is 28.4 Å². The van der Waals surface area contributed by atoms with Crippen LogP contribution in [-0.4, -0.2) is 44.5 Å². The van der Waals surface area contributed by atoms with Gasteiger partial charge in [-0.05, 0) is 19.9 Å². The molecule has 0 aliphatic heterocycles. The summed E-state index contributed by atoms with van der Waals surface area (Å²) in [5.74, 6) is 0. The van der Waals surface area contributed by atoms with Crippen LogP contribution in [0.15, 0.2) is 30.9 Å². The molecular formula is C17H17N9S. The van der Waals surface area contributed by atoms with Gasteiger partial charge in [0.25, 0.3) is 0 Å². The van der Waals surface area contributed by atoms with E-state index in [0.29, 0.717) is 17.8 Å². The van der Waals surface area contributed by atoms with Crippen LogP contribution in [0, 0.1) is 0 Å². The summed E-state index contributed by atoms with van der Waals surface area (Å²) >= 11 is 1.71. The summed E-state index contributed by atoms with van der Waals surface area (Å²) in [6.45, 7) is 6.41. The van der Waals surface area contributed by atoms with Gasteiger partial charge < -0.3 is 0 Å². The van der Waals surface area contributed by atoms with Crippen molar-refractivity contribution in [3.05, 3.63) is 35.7 Å². The fraction of sp³-hybridized carbons (Fsp3) is 0.294. The van der Waals surface area contributed by atoms with E-state index >= 15 is 0 Å². The van der Waals surface area contributed by atoms with E-state index in [0.717, 1.165) is 29.9 Å². The van der Waals surface area contributed by atoms with Gasteiger partial charge in [-0.15, -0.1) is 16.4 Å². The second-order valence-electron chi connectivity index (χ2n) is 6.16. The second kappa shape index (κ2) is 6.23. The topological polar surface area (TPSA) is 92.1 Å². The molecule has 0 fully saturated rings. The Labute approximate surface area is 158 Å². The molecule has 27 heavy (non-hydrogen) atoms. The largest absolute Gasteiger partial charge is 0.272 e. The van der Waals surface area contributed by atoms with Gasteiger partial charge in [0.05, 0.1) is 41.0 Å². The van der Waals surface area contributed by atoms with Crippen molar-refractivity contribution in [2.75, 3.05) is 0 Å². The lowest BCUT2D eigenvalue weighted by molar-refractivity contribution is 0.660. The van der Waals surface area contributed by atoms with Crippen LogP contribution in [-0.2, 0) is 19.6 Å². The number of hydrogen-bond acceptors (Lipinski definition) is 7. The molecule has 9 nitrogen and oxygen atoms in total. The number of fused-ring (bicyclic) bond motifs is 2. The smallest absolute Gasteiger partial charge is 0.221 e. The van der Waals surface area contributed by atoms with Gasteiger partial charge in [0, 0.05) is 29.7 Å². The van der Waals surface area contributed by atoms with Crippen LogP contribution < -0.4 is 0 Å². The highest BCUT2D eigenvalue weighted by molar-refractivity contribution is 7.19. The molecule has 0 saturated heterocycles. The SMILES string of the molecule is CCn1cc(-c2cnc3nnn(Cc4cc5c(cnn5CC)s4)c3n2)cn1. The highest BCUT2D eigenvalue weighted by atomic mass is 32.1. The average Bonchev–Trinajstić information content (AvgIpc) is 3.45. The van der Waals surface area contributed by atoms with Crippen LogP contribution in [0.2, 0.25) is 0 Å². The number of thiophene rings is 1. The molecule has 5 aromatic heterocycles. The number of aromatic nitrogens is 9. The van der Waals surface area contributed by atoms with E-state index < -0.39 is 0 Å². The minimum Gasteiger partial charge on any atom is -0.272 e. The maximum atomic E-state index is 4.73. The number of aryl methyl sites for hydroxylation is 2. The molecule has 0 saturated carbocycles. The summed E-state index contributed by atoms with van der Waals surface area (Å²) in [5.41, 5.74) is 4.07. The average molecular weight is 379 g/mol. The first-order chi connectivity index (χ1) is 13.2. The summed E-state index contributed by atoms with van der Waals surface area (Å²) < 4.78 is 6.84. The van der Waals surface area contributed by atoms with Gasteiger partial charge in [-0.2, -0.15) is 10.2 Å². The van der Waals surface area contributed by atoms with Crippen LogP contribution in [0.4, 0.5) is 0 Å². The highest BCUT2D eigenvalue weighted by Gasteiger charge is 2.13. The van der Waals surface area contributed by atoms with Crippen molar-refractivity contribution in [2.45, 2.75) is 33.5 Å². The quantitative estimate of drug-likeness (QED) is 0.466. The predicted octanol–water partition coefficient (Wildman–Crippen LogP) is 2.58. The van der Waals surface area contributed by atoms with E-state index in [1.165, 1.54) is 9.58 Å². The van der Waals surface area contributed by atoms with E-state index in [2.05, 4.69) is 38.5 Å². The number of hydrogen-bond donors (Lipinski definition) is 0. The number of nitrogens with zero attached hydrogens (tertiary/aromatic N) is 9. The third-order valence-electron chi connectivity index (χ3n) is 4.47. The van der Waals surface area contributed by atoms with Crippen LogP contribution >= 0.6 is 11.3 Å². The zero-order valence-electron chi connectivity index (χ0n) is 14.9. The van der Waals surface area contributed by atoms with Crippen molar-refractivity contribution >= 4 is 32.8 Å². The van der Waals surface area contributed by atoms with Gasteiger partial charge in [-0.25, -0.2) is 14.6 Å². The Morgan fingerprint density at radius 1 is 1.04 bits per heavy atom. The fourth-order valence-electron chi connectivity index (χ4n) is 3.07. The van der Waals surface area contributed by atoms with Gasteiger partial charge in [-0.1, -0.05) is 5.21 Å². The standard InChI is InChI=1S/C17H17N9S/c1-3-24-9-11(6-19-24)13-7-18-16-17(21-13)26(23-22-16)10-12-5-14-15(27-12)8-20-25(14)4-2/h5-9H,3-4,10H2,1-2H3. The van der Waals surface area contributed by atoms with Crippen molar-refractivity contribution in [1.29, 1.82) is 0 Å². The van der Waals surface area contributed by atoms with Crippen molar-refractivity contribution < 1.29 is 0 Å². The van der Waals surface area contributed by atoms with E-state index in [1.807, 2.05) is 28.7 Å². The fourth-order valence-corrected chi connectivity index (χ4v) is 4.08. The monoisotopic (exact) mass is 379 g/mol. The van der Waals surface area contributed by atoms with Gasteiger partial charge in [0.15, 0.2) is 5.65 Å². The maximum Gasteiger partial charge on any atom is 0.221 e. The van der Waals surface area contributed by atoms with Gasteiger partial charge >= 0.3 is 0 Å². The van der Waals surface area contributed by atoms with E-state index in [4.69, 9.17) is 4.98 Å². The van der Waals surface area contributed by atoms with Crippen molar-refractivity contribution in [2.24, 2.45) is 0 Å². The van der Waals surface area contributed by atoms with Crippen LogP contribution in [0.5, 0.6) is 0 Å². The van der Waals surface area contributed by atoms with E-state index in [-0.39, 0.29) is 0 Å². The molecule has 5 rings (SSSR count). The number of rotatable bonds is 5. The van der Waals surface area contributed by atoms with Crippen molar-refractivity contribution in [3.63, 3.8) is 0 Å². The van der Waals surface area contributed by atoms with Crippen molar-refractivity contribution in [3.8, 4) is 11.3 Å². The highest BCUT2D eigenvalue weighted by Crippen LogP contribution is 2.26. The zero-order chi connectivity index (χ0) is 18.4. The summed E-state index contributed by atoms with van der Waals surface area (Å²) in [6, 6.07) is 2.16. The molecule has 0 amide bonds.